The first-order valence-corrected chi connectivity index (χ1v) is 8.22. The van der Waals surface area contributed by atoms with E-state index in [1.807, 2.05) is 13.8 Å². The van der Waals surface area contributed by atoms with Crippen molar-refractivity contribution in [3.05, 3.63) is 30.1 Å². The Morgan fingerprint density at radius 2 is 2.04 bits per heavy atom. The third-order valence-electron chi connectivity index (χ3n) is 3.26. The molecule has 25 heavy (non-hydrogen) atoms. The molecule has 3 N–H and O–H groups in total. The number of aliphatic imine (C=N–C) groups is 1. The van der Waals surface area contributed by atoms with Crippen molar-refractivity contribution in [2.24, 2.45) is 4.99 Å². The highest BCUT2D eigenvalue weighted by atomic mass is 127. The molecule has 1 unspecified atom stereocenters. The maximum Gasteiger partial charge on any atom is 0.239 e. The molecule has 0 heterocycles. The fourth-order valence-electron chi connectivity index (χ4n) is 1.92. The lowest BCUT2D eigenvalue weighted by Crippen LogP contribution is -2.46. The van der Waals surface area contributed by atoms with E-state index in [1.54, 1.807) is 19.2 Å². The minimum absolute atomic E-state index is 0. The van der Waals surface area contributed by atoms with Gasteiger partial charge in [0.1, 0.15) is 17.7 Å². The Morgan fingerprint density at radius 1 is 1.28 bits per heavy atom. The van der Waals surface area contributed by atoms with E-state index in [9.17, 15) is 9.18 Å². The molecule has 0 fully saturated rings. The minimum Gasteiger partial charge on any atom is -0.489 e. The van der Waals surface area contributed by atoms with E-state index in [-0.39, 0.29) is 48.3 Å². The number of carbonyl (C=O) groups is 1. The Kier molecular flexibility index (Phi) is 12.8. The van der Waals surface area contributed by atoms with Crippen LogP contribution in [0.1, 0.15) is 26.7 Å². The van der Waals surface area contributed by atoms with Crippen molar-refractivity contribution in [3.8, 4) is 5.75 Å². The highest BCUT2D eigenvalue weighted by molar-refractivity contribution is 14.0. The average molecular weight is 466 g/mol. The molecule has 0 bridgehead atoms. The smallest absolute Gasteiger partial charge is 0.239 e. The van der Waals surface area contributed by atoms with E-state index >= 15 is 0 Å². The first kappa shape index (κ1) is 23.4. The Hall–Kier alpha value is -1.58. The second-order valence-corrected chi connectivity index (χ2v) is 5.26. The number of carbonyl (C=O) groups excluding carboxylic acids is 1. The molecule has 0 aliphatic heterocycles. The zero-order chi connectivity index (χ0) is 17.8. The molecule has 1 amide bonds. The van der Waals surface area contributed by atoms with Gasteiger partial charge in [0.05, 0.1) is 13.1 Å². The van der Waals surface area contributed by atoms with Gasteiger partial charge in [0.25, 0.3) is 0 Å². The Labute approximate surface area is 166 Å². The van der Waals surface area contributed by atoms with E-state index in [0.717, 1.165) is 12.8 Å². The summed E-state index contributed by atoms with van der Waals surface area (Å²) < 4.78 is 18.9. The van der Waals surface area contributed by atoms with Crippen molar-refractivity contribution < 1.29 is 13.9 Å². The van der Waals surface area contributed by atoms with E-state index in [4.69, 9.17) is 4.74 Å². The molecule has 0 aliphatic carbocycles. The largest absolute Gasteiger partial charge is 0.489 e. The van der Waals surface area contributed by atoms with Crippen LogP contribution in [0.2, 0.25) is 0 Å². The van der Waals surface area contributed by atoms with E-state index in [1.165, 1.54) is 12.1 Å². The summed E-state index contributed by atoms with van der Waals surface area (Å²) in [6.07, 6.45) is 1.51. The minimum atomic E-state index is -0.328. The fraction of sp³-hybridized carbons (Fsp3) is 0.529. The van der Waals surface area contributed by atoms with Crippen molar-refractivity contribution >= 4 is 35.8 Å². The summed E-state index contributed by atoms with van der Waals surface area (Å²) in [6, 6.07) is 6.06. The number of nitrogens with zero attached hydrogens (tertiary/aromatic N) is 1. The van der Waals surface area contributed by atoms with Gasteiger partial charge in [0.15, 0.2) is 5.96 Å². The molecule has 142 valence electrons. The third kappa shape index (κ3) is 10.1. The third-order valence-corrected chi connectivity index (χ3v) is 3.26. The monoisotopic (exact) mass is 466 g/mol. The molecule has 1 aromatic carbocycles. The van der Waals surface area contributed by atoms with E-state index < -0.39 is 0 Å². The number of benzene rings is 1. The molecule has 0 saturated heterocycles. The number of halogens is 2. The van der Waals surface area contributed by atoms with Crippen LogP contribution >= 0.6 is 24.0 Å². The van der Waals surface area contributed by atoms with Crippen LogP contribution < -0.4 is 20.7 Å². The summed E-state index contributed by atoms with van der Waals surface area (Å²) in [5.41, 5.74) is 0. The maximum atomic E-state index is 13.2. The highest BCUT2D eigenvalue weighted by Crippen LogP contribution is 2.14. The number of nitrogens with one attached hydrogen (secondary N) is 3. The van der Waals surface area contributed by atoms with Crippen LogP contribution in [-0.4, -0.2) is 44.7 Å². The summed E-state index contributed by atoms with van der Waals surface area (Å²) in [5.74, 6) is 0.599. The molecule has 6 nitrogen and oxygen atoms in total. The molecule has 1 rings (SSSR count). The molecule has 0 spiro atoms. The van der Waals surface area contributed by atoms with Gasteiger partial charge in [0, 0.05) is 19.7 Å². The van der Waals surface area contributed by atoms with Crippen LogP contribution in [0, 0.1) is 5.82 Å². The number of ether oxygens (including phenoxy) is 1. The Morgan fingerprint density at radius 3 is 2.64 bits per heavy atom. The number of rotatable bonds is 9. The first-order chi connectivity index (χ1) is 11.6. The van der Waals surface area contributed by atoms with Crippen molar-refractivity contribution in [1.29, 1.82) is 0 Å². The van der Waals surface area contributed by atoms with Gasteiger partial charge in [-0.15, -0.1) is 24.0 Å². The highest BCUT2D eigenvalue weighted by Gasteiger charge is 2.10. The lowest BCUT2D eigenvalue weighted by molar-refractivity contribution is -0.120. The van der Waals surface area contributed by atoms with Gasteiger partial charge in [-0.25, -0.2) is 4.39 Å². The van der Waals surface area contributed by atoms with Crippen LogP contribution in [-0.2, 0) is 4.79 Å². The Balaban J connectivity index is 0.00000576. The van der Waals surface area contributed by atoms with Gasteiger partial charge in [-0.2, -0.15) is 0 Å². The molecule has 0 aliphatic rings. The van der Waals surface area contributed by atoms with E-state index in [2.05, 4.69) is 20.9 Å². The maximum absolute atomic E-state index is 13.2. The molecule has 1 atom stereocenters. The van der Waals surface area contributed by atoms with Gasteiger partial charge in [-0.05, 0) is 25.0 Å². The van der Waals surface area contributed by atoms with Crippen molar-refractivity contribution in [1.82, 2.24) is 16.0 Å². The molecule has 0 aromatic heterocycles. The quantitative estimate of drug-likeness (QED) is 0.297. The topological polar surface area (TPSA) is 74.8 Å². The molecule has 1 aromatic rings. The summed E-state index contributed by atoms with van der Waals surface area (Å²) in [6.45, 7) is 5.29. The molecular formula is C17H28FIN4O2. The SMILES string of the molecule is CCCNC(=O)CNC(=NC)NCC(CC)Oc1cccc(F)c1.I. The number of guanidine groups is 1. The second-order valence-electron chi connectivity index (χ2n) is 5.26. The zero-order valence-corrected chi connectivity index (χ0v) is 17.3. The predicted octanol–water partition coefficient (Wildman–Crippen LogP) is 2.29. The zero-order valence-electron chi connectivity index (χ0n) is 15.0. The number of amides is 1. The van der Waals surface area contributed by atoms with Crippen LogP contribution in [0.3, 0.4) is 0 Å². The van der Waals surface area contributed by atoms with Gasteiger partial charge < -0.3 is 20.7 Å². The van der Waals surface area contributed by atoms with Gasteiger partial charge in [-0.3, -0.25) is 9.79 Å². The molecule has 0 saturated carbocycles. The average Bonchev–Trinajstić information content (AvgIpc) is 2.58. The molecule has 8 heteroatoms. The summed E-state index contributed by atoms with van der Waals surface area (Å²) in [7, 11) is 1.63. The van der Waals surface area contributed by atoms with Crippen molar-refractivity contribution in [2.45, 2.75) is 32.8 Å². The lowest BCUT2D eigenvalue weighted by atomic mass is 10.2. The van der Waals surface area contributed by atoms with Crippen molar-refractivity contribution in [2.75, 3.05) is 26.7 Å². The van der Waals surface area contributed by atoms with Gasteiger partial charge >= 0.3 is 0 Å². The number of hydrogen-bond donors (Lipinski definition) is 3. The Bertz CT molecular complexity index is 543. The normalized spacial score (nSPS) is 11.9. The lowest BCUT2D eigenvalue weighted by Gasteiger charge is -2.20. The van der Waals surface area contributed by atoms with Crippen LogP contribution in [0.4, 0.5) is 4.39 Å². The fourth-order valence-corrected chi connectivity index (χ4v) is 1.92. The van der Waals surface area contributed by atoms with Gasteiger partial charge in [0.2, 0.25) is 5.91 Å². The van der Waals surface area contributed by atoms with Crippen LogP contribution in [0.15, 0.2) is 29.3 Å². The summed E-state index contributed by atoms with van der Waals surface area (Å²) in [5, 5.41) is 8.83. The molecule has 0 radical (unpaired) electrons. The van der Waals surface area contributed by atoms with E-state index in [0.29, 0.717) is 24.8 Å². The first-order valence-electron chi connectivity index (χ1n) is 8.22. The predicted molar refractivity (Wildman–Crippen MR) is 109 cm³/mol. The summed E-state index contributed by atoms with van der Waals surface area (Å²) in [4.78, 5) is 15.6. The molecular weight excluding hydrogens is 438 g/mol. The summed E-state index contributed by atoms with van der Waals surface area (Å²) >= 11 is 0. The number of hydrogen-bond acceptors (Lipinski definition) is 3. The van der Waals surface area contributed by atoms with Gasteiger partial charge in [-0.1, -0.05) is 19.9 Å². The second kappa shape index (κ2) is 13.7. The van der Waals surface area contributed by atoms with Crippen LogP contribution in [0.25, 0.3) is 0 Å². The van der Waals surface area contributed by atoms with Crippen molar-refractivity contribution in [3.63, 3.8) is 0 Å². The van der Waals surface area contributed by atoms with Crippen LogP contribution in [0.5, 0.6) is 5.75 Å². The standard InChI is InChI=1S/C17H27FN4O2.HI/c1-4-9-20-16(23)12-22-17(19-3)21-11-14(5-2)24-15-8-6-7-13(18)10-15;/h6-8,10,14H,4-5,9,11-12H2,1-3H3,(H,20,23)(H2,19,21,22);1H.